The summed E-state index contributed by atoms with van der Waals surface area (Å²) < 4.78 is 5.70. The number of nitrogens with one attached hydrogen (secondary N) is 1. The van der Waals surface area contributed by atoms with E-state index in [1.807, 2.05) is 22.6 Å². The van der Waals surface area contributed by atoms with Crippen LogP contribution in [0.4, 0.5) is 0 Å². The Kier molecular flexibility index (Phi) is 3.98. The molecule has 0 unspecified atom stereocenters. The van der Waals surface area contributed by atoms with Gasteiger partial charge in [-0.25, -0.2) is 5.43 Å². The van der Waals surface area contributed by atoms with Crippen molar-refractivity contribution >= 4 is 34.7 Å². The normalized spacial score (nSPS) is 10.7. The van der Waals surface area contributed by atoms with Gasteiger partial charge in [0.25, 0.3) is 5.91 Å². The van der Waals surface area contributed by atoms with E-state index in [0.717, 1.165) is 0 Å². The number of hydrazone groups is 1. The molecule has 0 aliphatic carbocycles. The number of hydrogen-bond donors (Lipinski definition) is 2. The van der Waals surface area contributed by atoms with E-state index in [1.54, 1.807) is 24.3 Å². The molecular weight excluding hydrogens is 347 g/mol. The zero-order valence-electron chi connectivity index (χ0n) is 9.13. The Morgan fingerprint density at radius 3 is 2.94 bits per heavy atom. The number of phenolic OH excluding ortho intramolecular Hbond substituents is 1. The minimum absolute atomic E-state index is 0.0678. The number of rotatable bonds is 3. The van der Waals surface area contributed by atoms with Gasteiger partial charge in [-0.3, -0.25) is 4.79 Å². The molecule has 0 atom stereocenters. The third kappa shape index (κ3) is 3.10. The predicted octanol–water partition coefficient (Wildman–Crippen LogP) is 2.35. The highest BCUT2D eigenvalue weighted by Gasteiger charge is 2.06. The number of amides is 1. The van der Waals surface area contributed by atoms with Gasteiger partial charge in [-0.15, -0.1) is 0 Å². The Morgan fingerprint density at radius 1 is 1.44 bits per heavy atom. The van der Waals surface area contributed by atoms with Crippen molar-refractivity contribution in [2.24, 2.45) is 5.10 Å². The average Bonchev–Trinajstić information content (AvgIpc) is 2.85. The lowest BCUT2D eigenvalue weighted by Gasteiger charge is -2.01. The number of hydrogen-bond acceptors (Lipinski definition) is 4. The fourth-order valence-corrected chi connectivity index (χ4v) is 1.57. The topological polar surface area (TPSA) is 74.8 Å². The Morgan fingerprint density at radius 2 is 2.28 bits per heavy atom. The largest absolute Gasteiger partial charge is 0.507 e. The molecular formula is C12H9IN2O3. The van der Waals surface area contributed by atoms with Gasteiger partial charge in [0.2, 0.25) is 0 Å². The zero-order valence-corrected chi connectivity index (χ0v) is 11.3. The molecule has 0 saturated carbocycles. The van der Waals surface area contributed by atoms with Crippen LogP contribution in [0.5, 0.6) is 5.75 Å². The molecule has 0 spiro atoms. The van der Waals surface area contributed by atoms with Gasteiger partial charge in [0.1, 0.15) is 11.5 Å². The fraction of sp³-hybridized carbons (Fsp3) is 0. The Hall–Kier alpha value is -1.83. The first-order valence-electron chi connectivity index (χ1n) is 5.02. The molecule has 1 aromatic heterocycles. The third-order valence-corrected chi connectivity index (χ3v) is 3.02. The number of phenols is 1. The summed E-state index contributed by atoms with van der Waals surface area (Å²) in [6.07, 6.45) is 2.91. The highest BCUT2D eigenvalue weighted by Crippen LogP contribution is 2.20. The van der Waals surface area contributed by atoms with E-state index in [0.29, 0.717) is 14.9 Å². The molecule has 0 fully saturated rings. The molecule has 0 saturated heterocycles. The number of furan rings is 1. The summed E-state index contributed by atoms with van der Waals surface area (Å²) in [5, 5.41) is 13.2. The van der Waals surface area contributed by atoms with Crippen molar-refractivity contribution in [1.82, 2.24) is 5.43 Å². The lowest BCUT2D eigenvalue weighted by atomic mass is 10.2. The summed E-state index contributed by atoms with van der Waals surface area (Å²) in [7, 11) is 0. The molecule has 0 aliphatic heterocycles. The summed E-state index contributed by atoms with van der Waals surface area (Å²) in [6.45, 7) is 0. The highest BCUT2D eigenvalue weighted by atomic mass is 127. The zero-order chi connectivity index (χ0) is 13.0. The van der Waals surface area contributed by atoms with Crippen molar-refractivity contribution in [1.29, 1.82) is 0 Å². The number of halogens is 1. The molecule has 1 heterocycles. The molecule has 2 N–H and O–H groups in total. The van der Waals surface area contributed by atoms with Gasteiger partial charge in [0, 0.05) is 5.56 Å². The van der Waals surface area contributed by atoms with Crippen LogP contribution in [0.2, 0.25) is 0 Å². The predicted molar refractivity (Wildman–Crippen MR) is 74.6 cm³/mol. The van der Waals surface area contributed by atoms with Crippen molar-refractivity contribution in [2.45, 2.75) is 0 Å². The Bertz CT molecular complexity index is 579. The number of nitrogens with zero attached hydrogens (tertiary/aromatic N) is 1. The van der Waals surface area contributed by atoms with Crippen LogP contribution in [0.15, 0.2) is 46.1 Å². The minimum atomic E-state index is -0.399. The van der Waals surface area contributed by atoms with Crippen LogP contribution in [0, 0.1) is 3.57 Å². The van der Waals surface area contributed by atoms with Gasteiger partial charge in [0.05, 0.1) is 16.0 Å². The summed E-state index contributed by atoms with van der Waals surface area (Å²) in [5.41, 5.74) is 2.68. The average molecular weight is 356 g/mol. The van der Waals surface area contributed by atoms with Crippen LogP contribution in [-0.2, 0) is 0 Å². The van der Waals surface area contributed by atoms with Crippen molar-refractivity contribution in [3.8, 4) is 5.75 Å². The van der Waals surface area contributed by atoms with E-state index in [2.05, 4.69) is 10.5 Å². The number of benzene rings is 1. The summed E-state index contributed by atoms with van der Waals surface area (Å²) in [5.74, 6) is 0.212. The van der Waals surface area contributed by atoms with Crippen LogP contribution >= 0.6 is 22.6 Å². The highest BCUT2D eigenvalue weighted by molar-refractivity contribution is 14.1. The second-order valence-corrected chi connectivity index (χ2v) is 4.54. The maximum absolute atomic E-state index is 11.7. The van der Waals surface area contributed by atoms with Gasteiger partial charge in [0.15, 0.2) is 0 Å². The van der Waals surface area contributed by atoms with E-state index in [-0.39, 0.29) is 5.75 Å². The molecule has 0 aliphatic rings. The van der Waals surface area contributed by atoms with Crippen LogP contribution in [0.25, 0.3) is 0 Å². The minimum Gasteiger partial charge on any atom is -0.507 e. The van der Waals surface area contributed by atoms with Crippen LogP contribution in [0.3, 0.4) is 0 Å². The van der Waals surface area contributed by atoms with Crippen molar-refractivity contribution < 1.29 is 14.3 Å². The van der Waals surface area contributed by atoms with Crippen LogP contribution in [-0.4, -0.2) is 17.2 Å². The Balaban J connectivity index is 2.01. The molecule has 2 rings (SSSR count). The lowest BCUT2D eigenvalue weighted by molar-refractivity contribution is 0.0954. The lowest BCUT2D eigenvalue weighted by Crippen LogP contribution is -2.17. The van der Waals surface area contributed by atoms with Crippen molar-refractivity contribution in [3.05, 3.63) is 51.5 Å². The standard InChI is InChI=1S/C12H9IN2O3/c13-10-4-3-8(6-11(10)16)12(17)15-14-7-9-2-1-5-18-9/h1-7,16H,(H,15,17)/b14-7-. The first-order valence-corrected chi connectivity index (χ1v) is 6.10. The van der Waals surface area contributed by atoms with Gasteiger partial charge in [-0.2, -0.15) is 5.10 Å². The number of carbonyl (C=O) groups excluding carboxylic acids is 1. The molecule has 2 aromatic rings. The molecule has 0 bridgehead atoms. The summed E-state index contributed by atoms with van der Waals surface area (Å²) >= 11 is 1.98. The second kappa shape index (κ2) is 5.67. The SMILES string of the molecule is O=C(N/N=C\c1ccco1)c1ccc(I)c(O)c1. The number of carbonyl (C=O) groups is 1. The first-order chi connectivity index (χ1) is 8.66. The van der Waals surface area contributed by atoms with Gasteiger partial charge < -0.3 is 9.52 Å². The molecule has 18 heavy (non-hydrogen) atoms. The first kappa shape index (κ1) is 12.6. The molecule has 6 heteroatoms. The molecule has 1 aromatic carbocycles. The fourth-order valence-electron chi connectivity index (χ4n) is 1.24. The monoisotopic (exact) mass is 356 g/mol. The van der Waals surface area contributed by atoms with Crippen molar-refractivity contribution in [3.63, 3.8) is 0 Å². The second-order valence-electron chi connectivity index (χ2n) is 3.38. The number of aromatic hydroxyl groups is 1. The summed E-state index contributed by atoms with van der Waals surface area (Å²) in [6, 6.07) is 8.09. The van der Waals surface area contributed by atoms with Gasteiger partial charge >= 0.3 is 0 Å². The maximum Gasteiger partial charge on any atom is 0.271 e. The van der Waals surface area contributed by atoms with E-state index in [9.17, 15) is 9.90 Å². The van der Waals surface area contributed by atoms with Crippen LogP contribution < -0.4 is 5.43 Å². The van der Waals surface area contributed by atoms with E-state index >= 15 is 0 Å². The molecule has 1 amide bonds. The van der Waals surface area contributed by atoms with E-state index in [1.165, 1.54) is 18.5 Å². The molecule has 0 radical (unpaired) electrons. The quantitative estimate of drug-likeness (QED) is 0.504. The van der Waals surface area contributed by atoms with E-state index < -0.39 is 5.91 Å². The maximum atomic E-state index is 11.7. The van der Waals surface area contributed by atoms with Gasteiger partial charge in [-0.1, -0.05) is 0 Å². The molecule has 92 valence electrons. The summed E-state index contributed by atoms with van der Waals surface area (Å²) in [4.78, 5) is 11.7. The van der Waals surface area contributed by atoms with E-state index in [4.69, 9.17) is 4.42 Å². The third-order valence-electron chi connectivity index (χ3n) is 2.11. The smallest absolute Gasteiger partial charge is 0.271 e. The Labute approximate surface area is 117 Å². The van der Waals surface area contributed by atoms with Crippen molar-refractivity contribution in [2.75, 3.05) is 0 Å². The molecule has 5 nitrogen and oxygen atoms in total. The van der Waals surface area contributed by atoms with Crippen LogP contribution in [0.1, 0.15) is 16.1 Å². The van der Waals surface area contributed by atoms with Gasteiger partial charge in [-0.05, 0) is 52.9 Å².